The van der Waals surface area contributed by atoms with Crippen LogP contribution in [-0.2, 0) is 52.8 Å². The summed E-state index contributed by atoms with van der Waals surface area (Å²) in [5.41, 5.74) is 1.90. The first-order valence-corrected chi connectivity index (χ1v) is 27.7. The Bertz CT molecular complexity index is 2900. The molecule has 4 amide bonds. The number of nitrogens with zero attached hydrogens (tertiary/aromatic N) is 8. The molecule has 6 bridgehead atoms. The molecule has 0 radical (unpaired) electrons. The van der Waals surface area contributed by atoms with E-state index in [1.165, 1.54) is 35.1 Å². The smallest absolute Gasteiger partial charge is 0.406 e. The largest absolute Gasteiger partial charge is 0.464 e. The number of carbonyl (C=O) groups is 5. The summed E-state index contributed by atoms with van der Waals surface area (Å²) in [4.78, 5) is 85.9. The third kappa shape index (κ3) is 12.6. The Morgan fingerprint density at radius 1 is 1.04 bits per heavy atom. The predicted octanol–water partition coefficient (Wildman–Crippen LogP) is 7.15. The molecule has 4 aromatic rings. The van der Waals surface area contributed by atoms with Crippen LogP contribution in [0.25, 0.3) is 33.4 Å². The number of rotatable bonds is 11. The number of aromatic nitrogens is 3. The fourth-order valence-corrected chi connectivity index (χ4v) is 12.1. The number of alkyl halides is 6. The number of hydrogen-bond donors (Lipinski definition) is 2. The number of amides is 4. The second-order valence-electron chi connectivity index (χ2n) is 22.4. The van der Waals surface area contributed by atoms with Gasteiger partial charge < -0.3 is 39.0 Å². The summed E-state index contributed by atoms with van der Waals surface area (Å²) in [6, 6.07) is 1.85. The van der Waals surface area contributed by atoms with Gasteiger partial charge in [-0.05, 0) is 75.4 Å². The van der Waals surface area contributed by atoms with Gasteiger partial charge in [-0.2, -0.15) is 13.2 Å². The van der Waals surface area contributed by atoms with E-state index in [4.69, 9.17) is 31.0 Å². The minimum Gasteiger partial charge on any atom is -0.464 e. The number of likely N-dealkylation sites (N-methyl/N-ethyl adjacent to an activating group) is 2. The van der Waals surface area contributed by atoms with Crippen LogP contribution in [0.3, 0.4) is 0 Å². The van der Waals surface area contributed by atoms with Crippen molar-refractivity contribution in [3.05, 3.63) is 51.6 Å². The highest BCUT2D eigenvalue weighted by Crippen LogP contribution is 2.45. The topological polar surface area (TPSA) is 175 Å². The number of piperazine rings is 1. The van der Waals surface area contributed by atoms with E-state index in [0.29, 0.717) is 81.2 Å². The number of thiazole rings is 1. The van der Waals surface area contributed by atoms with E-state index in [9.17, 15) is 28.4 Å². The van der Waals surface area contributed by atoms with E-state index in [1.807, 2.05) is 33.0 Å². The van der Waals surface area contributed by atoms with Crippen LogP contribution in [0, 0.1) is 18.3 Å². The zero-order valence-electron chi connectivity index (χ0n) is 45.6. The molecule has 3 saturated heterocycles. The number of anilines is 1. The van der Waals surface area contributed by atoms with Crippen LogP contribution in [0.15, 0.2) is 29.8 Å². The zero-order valence-corrected chi connectivity index (χ0v) is 47.1. The molecule has 2 N–H and O–H groups in total. The molecule has 1 aromatic carbocycles. The number of nitrogens with one attached hydrogen (secondary N) is 2. The maximum atomic E-state index is 16.5. The minimum atomic E-state index is -4.66. The number of pyridine rings is 1. The van der Waals surface area contributed by atoms with Crippen molar-refractivity contribution >= 4 is 69.1 Å². The van der Waals surface area contributed by atoms with Crippen molar-refractivity contribution in [1.29, 1.82) is 0 Å². The van der Waals surface area contributed by atoms with Gasteiger partial charge in [0.25, 0.3) is 23.4 Å². The summed E-state index contributed by atoms with van der Waals surface area (Å²) in [7, 11) is 4.85. The second kappa shape index (κ2) is 23.3. The first-order valence-electron chi connectivity index (χ1n) is 26.4. The maximum absolute atomic E-state index is 16.5. The number of hydrogen-bond acceptors (Lipinski definition) is 13. The Balaban J connectivity index is 1.22. The average Bonchev–Trinajstić information content (AvgIpc) is 4.13. The molecule has 7 heterocycles. The normalized spacial score (nSPS) is 21.7. The third-order valence-electron chi connectivity index (χ3n) is 15.5. The molecule has 78 heavy (non-hydrogen) atoms. The molecule has 4 aliphatic heterocycles. The first-order chi connectivity index (χ1) is 36.7. The van der Waals surface area contributed by atoms with E-state index in [2.05, 4.69) is 20.5 Å². The zero-order chi connectivity index (χ0) is 56.8. The molecule has 0 saturated carbocycles. The molecule has 0 spiro atoms. The van der Waals surface area contributed by atoms with E-state index in [-0.39, 0.29) is 39.1 Å². The lowest BCUT2D eigenvalue weighted by molar-refractivity contribution is -0.156. The van der Waals surface area contributed by atoms with Gasteiger partial charge in [0.05, 0.1) is 46.7 Å². The van der Waals surface area contributed by atoms with Gasteiger partial charge in [-0.25, -0.2) is 19.2 Å². The molecule has 5 atom stereocenters. The number of fused-ring (bicyclic) bond motifs is 6. The number of cyclic esters (lactones) is 1. The molecule has 3 fully saturated rings. The third-order valence-corrected chi connectivity index (χ3v) is 16.6. The molecule has 4 aliphatic rings. The Morgan fingerprint density at radius 2 is 1.73 bits per heavy atom. The van der Waals surface area contributed by atoms with Gasteiger partial charge in [0, 0.05) is 112 Å². The number of ether oxygens (including phenoxy) is 2. The fraction of sp³-hybridized carbons (Fsp3) is 0.611. The molecule has 8 rings (SSSR count). The summed E-state index contributed by atoms with van der Waals surface area (Å²) in [6.07, 6.45) is -3.79. The molecule has 24 heteroatoms. The summed E-state index contributed by atoms with van der Waals surface area (Å²) in [5.74, 6) is -4.71. The van der Waals surface area contributed by atoms with Crippen molar-refractivity contribution < 1.29 is 55.4 Å². The number of carbonyl (C=O) groups excluding carboxylic acids is 5. The Kier molecular flexibility index (Phi) is 17.5. The summed E-state index contributed by atoms with van der Waals surface area (Å²) in [5, 5.41) is 6.81. The van der Waals surface area contributed by atoms with E-state index in [1.54, 1.807) is 45.3 Å². The van der Waals surface area contributed by atoms with Crippen molar-refractivity contribution in [3.8, 4) is 22.5 Å². The van der Waals surface area contributed by atoms with Crippen LogP contribution < -0.4 is 15.6 Å². The number of hydrazine groups is 1. The average molecular weight is 1130 g/mol. The highest BCUT2D eigenvalue weighted by atomic mass is 35.5. The Morgan fingerprint density at radius 3 is 2.37 bits per heavy atom. The maximum Gasteiger partial charge on any atom is 0.406 e. The van der Waals surface area contributed by atoms with Crippen LogP contribution in [0.4, 0.5) is 27.6 Å². The van der Waals surface area contributed by atoms with Gasteiger partial charge in [-0.1, -0.05) is 39.3 Å². The molecule has 426 valence electrons. The van der Waals surface area contributed by atoms with Crippen LogP contribution in [-0.4, -0.2) is 173 Å². The SMILES string of the molecule is COC(C)c1ncc(N2CCN(C)CC2)cc1-c1c2c3cc(c(C)cc3n1CC(F)(F)F)-c1csc(n1)C[C@H](NC(=O)[C@H](C(C)C)N(C)C(=O)C1(F)CCN(C(=O)C(F)Cl)CC1)C(=O)N1CCCC(N1)C(=O)OCC(C)(C)C2. The lowest BCUT2D eigenvalue weighted by Crippen LogP contribution is -2.63. The van der Waals surface area contributed by atoms with Crippen LogP contribution in [0.5, 0.6) is 0 Å². The second-order valence-corrected chi connectivity index (χ2v) is 23.7. The van der Waals surface area contributed by atoms with Crippen LogP contribution in [0.2, 0.25) is 0 Å². The fourth-order valence-electron chi connectivity index (χ4n) is 11.2. The summed E-state index contributed by atoms with van der Waals surface area (Å²) < 4.78 is 88.7. The molecule has 3 unspecified atom stereocenters. The van der Waals surface area contributed by atoms with Crippen LogP contribution >= 0.6 is 22.9 Å². The first kappa shape index (κ1) is 58.7. The Labute approximate surface area is 460 Å². The predicted molar refractivity (Wildman–Crippen MR) is 286 cm³/mol. The van der Waals surface area contributed by atoms with E-state index in [0.717, 1.165) is 28.6 Å². The van der Waals surface area contributed by atoms with E-state index < -0.39 is 102 Å². The number of methoxy groups -OCH3 is 1. The van der Waals surface area contributed by atoms with Gasteiger partial charge in [-0.15, -0.1) is 11.3 Å². The minimum absolute atomic E-state index is 0.151. The van der Waals surface area contributed by atoms with Crippen molar-refractivity contribution in [3.63, 3.8) is 0 Å². The van der Waals surface area contributed by atoms with Crippen molar-refractivity contribution in [2.75, 3.05) is 78.5 Å². The number of piperidine rings is 1. The molecule has 0 aliphatic carbocycles. The lowest BCUT2D eigenvalue weighted by Gasteiger charge is -2.40. The number of aryl methyl sites for hydroxylation is 1. The number of likely N-dealkylation sites (tertiary alicyclic amines) is 1. The molecule has 3 aromatic heterocycles. The molecular weight excluding hydrogens is 1060 g/mol. The van der Waals surface area contributed by atoms with Crippen LogP contribution in [0.1, 0.15) is 88.2 Å². The van der Waals surface area contributed by atoms with Gasteiger partial charge >= 0.3 is 12.1 Å². The highest BCUT2D eigenvalue weighted by Gasteiger charge is 2.48. The van der Waals surface area contributed by atoms with Gasteiger partial charge in [0.2, 0.25) is 5.91 Å². The van der Waals surface area contributed by atoms with Gasteiger partial charge in [-0.3, -0.25) is 34.0 Å². The number of benzene rings is 1. The molecular formula is C54H70ClF5N10O7S. The summed E-state index contributed by atoms with van der Waals surface area (Å²) >= 11 is 6.55. The van der Waals surface area contributed by atoms with Crippen molar-refractivity contribution in [2.45, 2.75) is 128 Å². The molecule has 17 nitrogen and oxygen atoms in total. The standard InChI is InChI=1S/C54H70ClF5N10O7S/c1-30(2)44(66(8)51(75)53(57)12-15-68(16-13-53)49(73)46(55)56)47(71)63-39-24-42-62-40(27-78-42)34-23-35-37(25-52(5,6)29-77-50(74)38-11-10-14-70(64-38)48(39)72)45(69(28-54(58,59)60)41(35)21-31(34)3)36-22-33(26-61-43(36)32(4)76-9)67-19-17-65(7)18-20-67/h21-23,26-27,30,32,38-39,44,46,64H,10-20,24-25,28-29H2,1-9H3,(H,63,71)/t32?,38?,39-,44-,46?/m0/s1. The quantitative estimate of drug-likeness (QED) is 0.0884. The van der Waals surface area contributed by atoms with E-state index >= 15 is 17.6 Å². The lowest BCUT2D eigenvalue weighted by atomic mass is 9.84. The number of halogens is 6. The highest BCUT2D eigenvalue weighted by molar-refractivity contribution is 7.10. The van der Waals surface area contributed by atoms with Crippen molar-refractivity contribution in [1.82, 2.24) is 45.0 Å². The monoisotopic (exact) mass is 1130 g/mol. The van der Waals surface area contributed by atoms with Crippen molar-refractivity contribution in [2.24, 2.45) is 11.3 Å². The summed E-state index contributed by atoms with van der Waals surface area (Å²) in [6.45, 7) is 11.7. The Hall–Kier alpha value is -5.49. The van der Waals surface area contributed by atoms with Gasteiger partial charge in [0.15, 0.2) is 5.67 Å². The van der Waals surface area contributed by atoms with Gasteiger partial charge in [0.1, 0.15) is 24.7 Å². The number of esters is 1.